The van der Waals surface area contributed by atoms with Crippen LogP contribution in [0, 0.1) is 0 Å². The zero-order chi connectivity index (χ0) is 8.81. The van der Waals surface area contributed by atoms with E-state index in [9.17, 15) is 4.79 Å². The van der Waals surface area contributed by atoms with Gasteiger partial charge in [0, 0.05) is 25.2 Å². The van der Waals surface area contributed by atoms with Crippen molar-refractivity contribution in [2.75, 3.05) is 7.05 Å². The average molecular weight is 161 g/mol. The Morgan fingerprint density at radius 3 is 2.67 bits per heavy atom. The zero-order valence-corrected chi connectivity index (χ0v) is 7.03. The van der Waals surface area contributed by atoms with Gasteiger partial charge < -0.3 is 4.99 Å². The Labute approximate surface area is 71.9 Å². The molecule has 2 heteroatoms. The minimum atomic E-state index is 0.112. The first-order valence-corrected chi connectivity index (χ1v) is 3.83. The van der Waals surface area contributed by atoms with Crippen LogP contribution in [0.25, 0.3) is 0 Å². The van der Waals surface area contributed by atoms with Crippen molar-refractivity contribution in [3.63, 3.8) is 0 Å². The van der Waals surface area contributed by atoms with Gasteiger partial charge in [-0.05, 0) is 0 Å². The van der Waals surface area contributed by atoms with Gasteiger partial charge in [-0.15, -0.1) is 0 Å². The maximum absolute atomic E-state index is 11.3. The van der Waals surface area contributed by atoms with E-state index in [0.29, 0.717) is 6.42 Å². The SMILES string of the molecule is CN=CCC(=O)c1ccccc1. The van der Waals surface area contributed by atoms with E-state index in [-0.39, 0.29) is 5.78 Å². The van der Waals surface area contributed by atoms with Gasteiger partial charge in [-0.3, -0.25) is 4.79 Å². The van der Waals surface area contributed by atoms with Gasteiger partial charge in [0.05, 0.1) is 0 Å². The number of nitrogens with zero attached hydrogens (tertiary/aromatic N) is 1. The fraction of sp³-hybridized carbons (Fsp3) is 0.200. The summed E-state index contributed by atoms with van der Waals surface area (Å²) < 4.78 is 0. The van der Waals surface area contributed by atoms with Crippen molar-refractivity contribution in [3.05, 3.63) is 35.9 Å². The molecule has 0 atom stereocenters. The summed E-state index contributed by atoms with van der Waals surface area (Å²) in [6.07, 6.45) is 2.01. The second kappa shape index (κ2) is 4.44. The van der Waals surface area contributed by atoms with Gasteiger partial charge in [0.2, 0.25) is 0 Å². The van der Waals surface area contributed by atoms with Crippen LogP contribution in [0.1, 0.15) is 16.8 Å². The minimum absolute atomic E-state index is 0.112. The number of carbonyl (C=O) groups is 1. The highest BCUT2D eigenvalue weighted by atomic mass is 16.1. The number of hydrogen-bond acceptors (Lipinski definition) is 2. The van der Waals surface area contributed by atoms with E-state index in [1.54, 1.807) is 13.3 Å². The number of ketones is 1. The normalized spacial score (nSPS) is 10.4. The van der Waals surface area contributed by atoms with Crippen LogP contribution in [-0.4, -0.2) is 19.0 Å². The Morgan fingerprint density at radius 1 is 1.42 bits per heavy atom. The molecule has 12 heavy (non-hydrogen) atoms. The lowest BCUT2D eigenvalue weighted by Gasteiger charge is -1.94. The largest absolute Gasteiger partial charge is 0.300 e. The quantitative estimate of drug-likeness (QED) is 0.492. The molecule has 0 aliphatic rings. The Balaban J connectivity index is 2.66. The summed E-state index contributed by atoms with van der Waals surface area (Å²) in [7, 11) is 1.66. The lowest BCUT2D eigenvalue weighted by atomic mass is 10.1. The summed E-state index contributed by atoms with van der Waals surface area (Å²) in [5.41, 5.74) is 0.748. The van der Waals surface area contributed by atoms with Crippen LogP contribution in [0.15, 0.2) is 35.3 Å². The third-order valence-electron chi connectivity index (χ3n) is 1.56. The maximum Gasteiger partial charge on any atom is 0.168 e. The van der Waals surface area contributed by atoms with Crippen LogP contribution >= 0.6 is 0 Å². The predicted octanol–water partition coefficient (Wildman–Crippen LogP) is 1.96. The van der Waals surface area contributed by atoms with Gasteiger partial charge in [0.15, 0.2) is 5.78 Å². The molecule has 0 saturated heterocycles. The molecule has 0 heterocycles. The molecule has 1 rings (SSSR count). The third-order valence-corrected chi connectivity index (χ3v) is 1.56. The topological polar surface area (TPSA) is 29.4 Å². The van der Waals surface area contributed by atoms with Crippen molar-refractivity contribution >= 4 is 12.0 Å². The number of carbonyl (C=O) groups excluding carboxylic acids is 1. The molecule has 0 unspecified atom stereocenters. The highest BCUT2D eigenvalue weighted by molar-refractivity contribution is 6.03. The summed E-state index contributed by atoms with van der Waals surface area (Å²) in [6.45, 7) is 0. The Bertz CT molecular complexity index is 277. The predicted molar refractivity (Wildman–Crippen MR) is 49.8 cm³/mol. The van der Waals surface area contributed by atoms with Gasteiger partial charge in [0.1, 0.15) is 0 Å². The molecule has 0 bridgehead atoms. The van der Waals surface area contributed by atoms with Crippen molar-refractivity contribution < 1.29 is 4.79 Å². The molecule has 62 valence electrons. The second-order valence-electron chi connectivity index (χ2n) is 2.43. The van der Waals surface area contributed by atoms with Crippen molar-refractivity contribution in [1.29, 1.82) is 0 Å². The van der Waals surface area contributed by atoms with Crippen LogP contribution in [0.3, 0.4) is 0 Å². The first-order valence-electron chi connectivity index (χ1n) is 3.83. The monoisotopic (exact) mass is 161 g/mol. The summed E-state index contributed by atoms with van der Waals surface area (Å²) in [6, 6.07) is 9.23. The van der Waals surface area contributed by atoms with E-state index in [1.165, 1.54) is 0 Å². The Hall–Kier alpha value is -1.44. The van der Waals surface area contributed by atoms with Gasteiger partial charge in [-0.1, -0.05) is 30.3 Å². The zero-order valence-electron chi connectivity index (χ0n) is 7.03. The molecule has 0 amide bonds. The van der Waals surface area contributed by atoms with Gasteiger partial charge in [0.25, 0.3) is 0 Å². The van der Waals surface area contributed by atoms with Crippen LogP contribution in [0.2, 0.25) is 0 Å². The minimum Gasteiger partial charge on any atom is -0.300 e. The first kappa shape index (κ1) is 8.65. The van der Waals surface area contributed by atoms with E-state index >= 15 is 0 Å². The number of hydrogen-bond donors (Lipinski definition) is 0. The third kappa shape index (κ3) is 2.31. The summed E-state index contributed by atoms with van der Waals surface area (Å²) >= 11 is 0. The highest BCUT2D eigenvalue weighted by Crippen LogP contribution is 2.01. The molecule has 0 aliphatic heterocycles. The number of rotatable bonds is 3. The van der Waals surface area contributed by atoms with E-state index in [4.69, 9.17) is 0 Å². The summed E-state index contributed by atoms with van der Waals surface area (Å²) in [5.74, 6) is 0.112. The molecule has 0 aliphatic carbocycles. The van der Waals surface area contributed by atoms with Gasteiger partial charge in [-0.25, -0.2) is 0 Å². The highest BCUT2D eigenvalue weighted by Gasteiger charge is 2.00. The van der Waals surface area contributed by atoms with Crippen LogP contribution in [0.4, 0.5) is 0 Å². The Morgan fingerprint density at radius 2 is 2.08 bits per heavy atom. The molecule has 0 saturated carbocycles. The number of benzene rings is 1. The Kier molecular flexibility index (Phi) is 3.20. The second-order valence-corrected chi connectivity index (χ2v) is 2.43. The molecule has 0 radical (unpaired) electrons. The van der Waals surface area contributed by atoms with E-state index in [0.717, 1.165) is 5.56 Å². The van der Waals surface area contributed by atoms with Crippen LogP contribution < -0.4 is 0 Å². The van der Waals surface area contributed by atoms with Gasteiger partial charge >= 0.3 is 0 Å². The lowest BCUT2D eigenvalue weighted by Crippen LogP contribution is -1.98. The average Bonchev–Trinajstić information content (AvgIpc) is 2.15. The van der Waals surface area contributed by atoms with Crippen molar-refractivity contribution in [2.45, 2.75) is 6.42 Å². The van der Waals surface area contributed by atoms with Crippen molar-refractivity contribution in [2.24, 2.45) is 4.99 Å². The fourth-order valence-electron chi connectivity index (χ4n) is 0.916. The van der Waals surface area contributed by atoms with E-state index < -0.39 is 0 Å². The number of Topliss-reactive ketones (excluding diaryl/α,β-unsaturated/α-hetero) is 1. The van der Waals surface area contributed by atoms with E-state index in [1.807, 2.05) is 30.3 Å². The van der Waals surface area contributed by atoms with E-state index in [2.05, 4.69) is 4.99 Å². The molecule has 0 spiro atoms. The molecule has 2 nitrogen and oxygen atoms in total. The lowest BCUT2D eigenvalue weighted by molar-refractivity contribution is 0.100. The molecular formula is C10H11NO. The van der Waals surface area contributed by atoms with Crippen molar-refractivity contribution in [3.8, 4) is 0 Å². The van der Waals surface area contributed by atoms with Crippen molar-refractivity contribution in [1.82, 2.24) is 0 Å². The summed E-state index contributed by atoms with van der Waals surface area (Å²) in [5, 5.41) is 0. The molecule has 1 aromatic carbocycles. The first-order chi connectivity index (χ1) is 5.84. The summed E-state index contributed by atoms with van der Waals surface area (Å²) in [4.78, 5) is 15.1. The molecule has 1 aromatic rings. The molecule has 0 aromatic heterocycles. The standard InChI is InChI=1S/C10H11NO/c1-11-8-7-10(12)9-5-3-2-4-6-9/h2-6,8H,7H2,1H3. The maximum atomic E-state index is 11.3. The van der Waals surface area contributed by atoms with Crippen LogP contribution in [0.5, 0.6) is 0 Å². The molecule has 0 N–H and O–H groups in total. The number of aliphatic imine (C=N–C) groups is 1. The molecule has 0 fully saturated rings. The fourth-order valence-corrected chi connectivity index (χ4v) is 0.916. The smallest absolute Gasteiger partial charge is 0.168 e. The molecular weight excluding hydrogens is 150 g/mol. The van der Waals surface area contributed by atoms with Gasteiger partial charge in [-0.2, -0.15) is 0 Å². The van der Waals surface area contributed by atoms with Crippen LogP contribution in [-0.2, 0) is 0 Å².